The summed E-state index contributed by atoms with van der Waals surface area (Å²) in [7, 11) is 0. The van der Waals surface area contributed by atoms with E-state index in [2.05, 4.69) is 67.8 Å². The van der Waals surface area contributed by atoms with Crippen LogP contribution in [-0.4, -0.2) is 57.7 Å². The molecule has 1 fully saturated rings. The predicted octanol–water partition coefficient (Wildman–Crippen LogP) is 0.679. The minimum absolute atomic E-state index is 0.117. The molecule has 6 nitrogen and oxygen atoms in total. The first-order valence-electron chi connectivity index (χ1n) is 5.96. The van der Waals surface area contributed by atoms with E-state index in [1.807, 2.05) is 12.1 Å². The first-order chi connectivity index (χ1) is 9.81. The largest absolute Gasteiger partial charge is 0.489 e. The Balaban J connectivity index is 2.00. The highest BCUT2D eigenvalue weighted by Gasteiger charge is 2.45. The van der Waals surface area contributed by atoms with E-state index in [-0.39, 0.29) is 6.61 Å². The quantitative estimate of drug-likeness (QED) is 0.364. The van der Waals surface area contributed by atoms with Crippen LogP contribution in [0, 0.1) is 10.7 Å². The summed E-state index contributed by atoms with van der Waals surface area (Å²) in [5, 5.41) is 38.4. The van der Waals surface area contributed by atoms with Crippen LogP contribution in [0.1, 0.15) is 0 Å². The fourth-order valence-corrected chi connectivity index (χ4v) is 5.83. The molecule has 9 heteroatoms. The molecule has 1 saturated heterocycles. The van der Waals surface area contributed by atoms with Crippen LogP contribution in [0.15, 0.2) is 12.1 Å². The maximum atomic E-state index is 10.0. The van der Waals surface area contributed by atoms with Gasteiger partial charge >= 0.3 is 0 Å². The van der Waals surface area contributed by atoms with Gasteiger partial charge in [-0.3, -0.25) is 0 Å². The maximum absolute atomic E-state index is 10.0. The van der Waals surface area contributed by atoms with Crippen molar-refractivity contribution in [2.75, 3.05) is 6.61 Å². The molecule has 5 unspecified atom stereocenters. The van der Waals surface area contributed by atoms with Crippen molar-refractivity contribution in [1.29, 1.82) is 0 Å². The monoisotopic (exact) mass is 634 g/mol. The third kappa shape index (κ3) is 4.30. The van der Waals surface area contributed by atoms with Crippen LogP contribution in [-0.2, 0) is 4.74 Å². The third-order valence-corrected chi connectivity index (χ3v) is 5.24. The molecule has 21 heavy (non-hydrogen) atoms. The highest BCUT2D eigenvalue weighted by molar-refractivity contribution is 14.1. The van der Waals surface area contributed by atoms with Crippen molar-refractivity contribution in [2.45, 2.75) is 30.7 Å². The first kappa shape index (κ1) is 18.4. The summed E-state index contributed by atoms with van der Waals surface area (Å²) in [5.74, 6) is 0.643. The molecule has 2 rings (SSSR count). The number of aliphatic hydroxyl groups is 4. The van der Waals surface area contributed by atoms with Crippen molar-refractivity contribution in [3.8, 4) is 5.75 Å². The summed E-state index contributed by atoms with van der Waals surface area (Å²) < 4.78 is 13.4. The summed E-state index contributed by atoms with van der Waals surface area (Å²) >= 11 is 6.49. The lowest BCUT2D eigenvalue weighted by atomic mass is 10.1. The van der Waals surface area contributed by atoms with Crippen molar-refractivity contribution < 1.29 is 29.9 Å². The number of rotatable bonds is 4. The Bertz CT molecular complexity index is 491. The molecule has 0 spiro atoms. The van der Waals surface area contributed by atoms with Gasteiger partial charge in [0.25, 0.3) is 0 Å². The van der Waals surface area contributed by atoms with Gasteiger partial charge in [0.15, 0.2) is 6.29 Å². The van der Waals surface area contributed by atoms with E-state index in [0.29, 0.717) is 5.75 Å². The normalized spacial score (nSPS) is 30.4. The first-order valence-corrected chi connectivity index (χ1v) is 9.20. The highest BCUT2D eigenvalue weighted by Crippen LogP contribution is 2.30. The van der Waals surface area contributed by atoms with Crippen LogP contribution in [0.2, 0.25) is 0 Å². The molecule has 0 saturated carbocycles. The Hall–Kier alpha value is 1.01. The van der Waals surface area contributed by atoms with Gasteiger partial charge in [0.05, 0.1) is 7.14 Å². The molecular formula is C12H13I3O6. The van der Waals surface area contributed by atoms with Crippen molar-refractivity contribution in [1.82, 2.24) is 0 Å². The zero-order valence-corrected chi connectivity index (χ0v) is 17.0. The van der Waals surface area contributed by atoms with Gasteiger partial charge in [-0.05, 0) is 79.9 Å². The highest BCUT2D eigenvalue weighted by atomic mass is 127. The average Bonchev–Trinajstić information content (AvgIpc) is 2.65. The van der Waals surface area contributed by atoms with E-state index in [0.717, 1.165) is 10.7 Å². The molecule has 0 aromatic heterocycles. The Morgan fingerprint density at radius 1 is 1.10 bits per heavy atom. The molecule has 5 atom stereocenters. The number of ether oxygens (including phenoxy) is 2. The number of aliphatic hydroxyl groups excluding tert-OH is 4. The summed E-state index contributed by atoms with van der Waals surface area (Å²) in [6.07, 6.45) is -6.54. The van der Waals surface area contributed by atoms with Crippen LogP contribution < -0.4 is 4.74 Å². The van der Waals surface area contributed by atoms with E-state index in [1.165, 1.54) is 0 Å². The average molecular weight is 634 g/mol. The zero-order chi connectivity index (χ0) is 15.7. The molecule has 0 aliphatic carbocycles. The Morgan fingerprint density at radius 3 is 2.14 bits per heavy atom. The van der Waals surface area contributed by atoms with Crippen LogP contribution in [0.5, 0.6) is 5.75 Å². The van der Waals surface area contributed by atoms with Gasteiger partial charge in [-0.15, -0.1) is 0 Å². The lowest BCUT2D eigenvalue weighted by molar-refractivity contribution is -0.149. The van der Waals surface area contributed by atoms with Gasteiger partial charge in [0.1, 0.15) is 36.8 Å². The van der Waals surface area contributed by atoms with E-state index in [4.69, 9.17) is 9.47 Å². The summed E-state index contributed by atoms with van der Waals surface area (Å²) in [6.45, 7) is -0.117. The maximum Gasteiger partial charge on any atom is 0.184 e. The van der Waals surface area contributed by atoms with Gasteiger partial charge in [0.2, 0.25) is 0 Å². The van der Waals surface area contributed by atoms with Gasteiger partial charge in [-0.2, -0.15) is 0 Å². The molecule has 1 aromatic carbocycles. The lowest BCUT2D eigenvalue weighted by Gasteiger charge is -2.21. The summed E-state index contributed by atoms with van der Waals surface area (Å²) in [5.41, 5.74) is 0. The van der Waals surface area contributed by atoms with E-state index < -0.39 is 30.7 Å². The molecule has 118 valence electrons. The predicted molar refractivity (Wildman–Crippen MR) is 99.0 cm³/mol. The summed E-state index contributed by atoms with van der Waals surface area (Å²) in [6, 6.07) is 3.89. The van der Waals surface area contributed by atoms with Crippen molar-refractivity contribution in [3.05, 3.63) is 22.8 Å². The Morgan fingerprint density at radius 2 is 1.67 bits per heavy atom. The molecule has 1 heterocycles. The molecule has 0 bridgehead atoms. The molecule has 1 aromatic rings. The molecule has 1 aliphatic heterocycles. The minimum Gasteiger partial charge on any atom is -0.489 e. The Kier molecular flexibility index (Phi) is 6.75. The van der Waals surface area contributed by atoms with E-state index in [9.17, 15) is 20.4 Å². The second-order valence-corrected chi connectivity index (χ2v) is 8.12. The second-order valence-electron chi connectivity index (χ2n) is 4.55. The number of benzene rings is 1. The van der Waals surface area contributed by atoms with Gasteiger partial charge in [-0.25, -0.2) is 0 Å². The van der Waals surface area contributed by atoms with Crippen molar-refractivity contribution in [2.24, 2.45) is 0 Å². The fourth-order valence-electron chi connectivity index (χ4n) is 1.93. The lowest BCUT2D eigenvalue weighted by Crippen LogP contribution is -2.41. The number of hydrogen-bond acceptors (Lipinski definition) is 6. The SMILES string of the molecule is OC(COc1c(I)cc(I)cc1I)C1OC(O)C(O)C1O. The van der Waals surface area contributed by atoms with Gasteiger partial charge < -0.3 is 29.9 Å². The topological polar surface area (TPSA) is 99.4 Å². The standard InChI is InChI=1S/C12H13I3O6/c13-4-1-5(14)10(6(15)2-4)20-3-7(16)11-8(17)9(18)12(19)21-11/h1-2,7-9,11-12,16-19H,3H2. The number of halogens is 3. The number of hydrogen-bond donors (Lipinski definition) is 4. The third-order valence-electron chi connectivity index (χ3n) is 3.02. The van der Waals surface area contributed by atoms with E-state index >= 15 is 0 Å². The molecule has 4 N–H and O–H groups in total. The summed E-state index contributed by atoms with van der Waals surface area (Å²) in [4.78, 5) is 0. The van der Waals surface area contributed by atoms with Gasteiger partial charge in [0, 0.05) is 3.57 Å². The van der Waals surface area contributed by atoms with Crippen LogP contribution in [0.25, 0.3) is 0 Å². The van der Waals surface area contributed by atoms with Crippen LogP contribution >= 0.6 is 67.8 Å². The fraction of sp³-hybridized carbons (Fsp3) is 0.500. The Labute approximate surface area is 162 Å². The van der Waals surface area contributed by atoms with Crippen molar-refractivity contribution >= 4 is 67.8 Å². The molecule has 0 radical (unpaired) electrons. The van der Waals surface area contributed by atoms with Crippen molar-refractivity contribution in [3.63, 3.8) is 0 Å². The second kappa shape index (κ2) is 7.72. The smallest absolute Gasteiger partial charge is 0.184 e. The van der Waals surface area contributed by atoms with Crippen LogP contribution in [0.3, 0.4) is 0 Å². The van der Waals surface area contributed by atoms with Crippen LogP contribution in [0.4, 0.5) is 0 Å². The molecular weight excluding hydrogens is 621 g/mol. The minimum atomic E-state index is -1.50. The molecule has 1 aliphatic rings. The van der Waals surface area contributed by atoms with Gasteiger partial charge in [-0.1, -0.05) is 0 Å². The molecule has 0 amide bonds. The zero-order valence-electron chi connectivity index (χ0n) is 10.5. The van der Waals surface area contributed by atoms with E-state index in [1.54, 1.807) is 0 Å².